The van der Waals surface area contributed by atoms with Gasteiger partial charge in [-0.3, -0.25) is 4.79 Å². The first-order valence-corrected chi connectivity index (χ1v) is 9.74. The number of likely N-dealkylation sites (tertiary alicyclic amines) is 1. The second kappa shape index (κ2) is 7.20. The lowest BCUT2D eigenvalue weighted by Gasteiger charge is -2.37. The van der Waals surface area contributed by atoms with Crippen molar-refractivity contribution in [3.05, 3.63) is 18.2 Å². The highest BCUT2D eigenvalue weighted by molar-refractivity contribution is 7.22. The molecule has 0 radical (unpaired) electrons. The van der Waals surface area contributed by atoms with Crippen LogP contribution in [0.4, 0.5) is 13.9 Å². The summed E-state index contributed by atoms with van der Waals surface area (Å²) in [5.74, 6) is -2.11. The van der Waals surface area contributed by atoms with Crippen molar-refractivity contribution in [2.24, 2.45) is 0 Å². The summed E-state index contributed by atoms with van der Waals surface area (Å²) in [6.45, 7) is 1.57. The van der Waals surface area contributed by atoms with Crippen molar-refractivity contribution in [3.8, 4) is 5.75 Å². The maximum atomic E-state index is 13.3. The van der Waals surface area contributed by atoms with Crippen LogP contribution in [0.5, 0.6) is 5.75 Å². The van der Waals surface area contributed by atoms with E-state index < -0.39 is 12.0 Å². The molecule has 2 fully saturated rings. The Bertz CT molecular complexity index is 834. The van der Waals surface area contributed by atoms with E-state index in [1.165, 1.54) is 16.2 Å². The molecule has 1 aromatic heterocycles. The fourth-order valence-electron chi connectivity index (χ4n) is 3.39. The van der Waals surface area contributed by atoms with E-state index in [4.69, 9.17) is 9.47 Å². The van der Waals surface area contributed by atoms with Gasteiger partial charge in [-0.25, -0.2) is 13.8 Å². The number of alkyl halides is 2. The normalized spacial score (nSPS) is 22.9. The summed E-state index contributed by atoms with van der Waals surface area (Å²) in [5.41, 5.74) is 0.878. The second-order valence-electron chi connectivity index (χ2n) is 6.82. The molecule has 2 aliphatic heterocycles. The van der Waals surface area contributed by atoms with Gasteiger partial charge >= 0.3 is 0 Å². The molecule has 1 unspecified atom stereocenters. The number of aromatic nitrogens is 1. The number of ether oxygens (including phenoxy) is 2. The van der Waals surface area contributed by atoms with Crippen LogP contribution in [0.2, 0.25) is 0 Å². The van der Waals surface area contributed by atoms with E-state index in [1.54, 1.807) is 7.11 Å². The Morgan fingerprint density at radius 2 is 2.11 bits per heavy atom. The summed E-state index contributed by atoms with van der Waals surface area (Å²) in [4.78, 5) is 20.9. The van der Waals surface area contributed by atoms with E-state index in [1.807, 2.05) is 23.1 Å². The molecule has 4 rings (SSSR count). The van der Waals surface area contributed by atoms with Crippen LogP contribution in [-0.2, 0) is 9.53 Å². The Kier molecular flexibility index (Phi) is 4.90. The van der Waals surface area contributed by atoms with E-state index >= 15 is 0 Å². The molecule has 27 heavy (non-hydrogen) atoms. The number of morpholine rings is 1. The minimum atomic E-state index is -2.67. The Labute approximate surface area is 159 Å². The van der Waals surface area contributed by atoms with Gasteiger partial charge < -0.3 is 19.3 Å². The van der Waals surface area contributed by atoms with Crippen molar-refractivity contribution in [1.29, 1.82) is 0 Å². The molecule has 0 saturated carbocycles. The van der Waals surface area contributed by atoms with Gasteiger partial charge in [-0.15, -0.1) is 0 Å². The van der Waals surface area contributed by atoms with Crippen molar-refractivity contribution >= 4 is 32.6 Å². The highest BCUT2D eigenvalue weighted by atomic mass is 32.1. The minimum absolute atomic E-state index is 0.0760. The molecule has 0 bridgehead atoms. The topological polar surface area (TPSA) is 54.9 Å². The fraction of sp³-hybridized carbons (Fsp3) is 0.556. The first kappa shape index (κ1) is 18.4. The average Bonchev–Trinajstić information content (AvgIpc) is 3.11. The largest absolute Gasteiger partial charge is 0.497 e. The number of methoxy groups -OCH3 is 1. The second-order valence-corrected chi connectivity index (χ2v) is 7.83. The summed E-state index contributed by atoms with van der Waals surface area (Å²) in [6, 6.07) is 5.71. The number of amides is 1. The van der Waals surface area contributed by atoms with Gasteiger partial charge in [-0.2, -0.15) is 0 Å². The monoisotopic (exact) mass is 397 g/mol. The van der Waals surface area contributed by atoms with Crippen LogP contribution in [0.25, 0.3) is 10.2 Å². The summed E-state index contributed by atoms with van der Waals surface area (Å²) in [7, 11) is 1.62. The van der Waals surface area contributed by atoms with E-state index in [0.29, 0.717) is 19.7 Å². The zero-order chi connectivity index (χ0) is 19.0. The molecular weight excluding hydrogens is 376 g/mol. The van der Waals surface area contributed by atoms with Crippen LogP contribution >= 0.6 is 11.3 Å². The van der Waals surface area contributed by atoms with Crippen LogP contribution in [0, 0.1) is 0 Å². The molecule has 2 saturated heterocycles. The van der Waals surface area contributed by atoms with Crippen LogP contribution in [-0.4, -0.2) is 67.7 Å². The third-order valence-corrected chi connectivity index (χ3v) is 6.08. The van der Waals surface area contributed by atoms with Gasteiger partial charge in [0.05, 0.1) is 30.5 Å². The molecule has 0 N–H and O–H groups in total. The van der Waals surface area contributed by atoms with E-state index in [2.05, 4.69) is 4.98 Å². The first-order chi connectivity index (χ1) is 12.9. The highest BCUT2D eigenvalue weighted by Crippen LogP contribution is 2.33. The van der Waals surface area contributed by atoms with Gasteiger partial charge in [0.2, 0.25) is 0 Å². The molecule has 1 amide bonds. The van der Waals surface area contributed by atoms with Crippen LogP contribution in [0.1, 0.15) is 12.8 Å². The van der Waals surface area contributed by atoms with Gasteiger partial charge in [0.1, 0.15) is 5.75 Å². The molecule has 2 aliphatic rings. The Morgan fingerprint density at radius 3 is 2.85 bits per heavy atom. The third-order valence-electron chi connectivity index (χ3n) is 5.00. The molecule has 0 aliphatic carbocycles. The van der Waals surface area contributed by atoms with Crippen molar-refractivity contribution < 1.29 is 23.0 Å². The van der Waals surface area contributed by atoms with E-state index in [9.17, 15) is 13.6 Å². The average molecular weight is 397 g/mol. The molecule has 0 spiro atoms. The Hall–Kier alpha value is -2.00. The molecule has 146 valence electrons. The number of halogens is 2. The Morgan fingerprint density at radius 1 is 1.33 bits per heavy atom. The number of thiazole rings is 1. The van der Waals surface area contributed by atoms with Gasteiger partial charge in [-0.1, -0.05) is 11.3 Å². The van der Waals surface area contributed by atoms with Gasteiger partial charge in [0.25, 0.3) is 11.8 Å². The van der Waals surface area contributed by atoms with Crippen LogP contribution in [0.15, 0.2) is 18.2 Å². The van der Waals surface area contributed by atoms with Crippen molar-refractivity contribution in [2.75, 3.05) is 44.8 Å². The lowest BCUT2D eigenvalue weighted by atomic mass is 10.1. The Balaban J connectivity index is 1.45. The lowest BCUT2D eigenvalue weighted by molar-refractivity contribution is -0.150. The number of hydrogen-bond acceptors (Lipinski definition) is 6. The quantitative estimate of drug-likeness (QED) is 0.797. The smallest absolute Gasteiger partial charge is 0.253 e. The number of fused-ring (bicyclic) bond motifs is 1. The van der Waals surface area contributed by atoms with Gasteiger partial charge in [0.15, 0.2) is 11.2 Å². The number of benzene rings is 1. The summed E-state index contributed by atoms with van der Waals surface area (Å²) >= 11 is 1.54. The predicted octanol–water partition coefficient (Wildman–Crippen LogP) is 2.77. The molecule has 1 aromatic carbocycles. The third kappa shape index (κ3) is 3.84. The zero-order valence-electron chi connectivity index (χ0n) is 15.0. The fourth-order valence-corrected chi connectivity index (χ4v) is 4.41. The lowest BCUT2D eigenvalue weighted by Crippen LogP contribution is -2.53. The predicted molar refractivity (Wildman–Crippen MR) is 98.9 cm³/mol. The standard InChI is InChI=1S/C18H21F2N3O3S/c1-25-12-2-3-13-15(10-12)27-17(21-13)23-8-9-26-14(11-23)16(24)22-6-4-18(19,20)5-7-22/h2-3,10,14H,4-9,11H2,1H3. The molecule has 3 heterocycles. The minimum Gasteiger partial charge on any atom is -0.497 e. The van der Waals surface area contributed by atoms with Crippen molar-refractivity contribution in [1.82, 2.24) is 9.88 Å². The van der Waals surface area contributed by atoms with Crippen molar-refractivity contribution in [3.63, 3.8) is 0 Å². The van der Waals surface area contributed by atoms with Crippen LogP contribution in [0.3, 0.4) is 0 Å². The maximum absolute atomic E-state index is 13.3. The number of anilines is 1. The highest BCUT2D eigenvalue weighted by Gasteiger charge is 2.38. The number of hydrogen-bond donors (Lipinski definition) is 0. The molecule has 1 atom stereocenters. The molecule has 6 nitrogen and oxygen atoms in total. The number of carbonyl (C=O) groups is 1. The van der Waals surface area contributed by atoms with E-state index in [0.717, 1.165) is 21.1 Å². The van der Waals surface area contributed by atoms with Crippen LogP contribution < -0.4 is 9.64 Å². The zero-order valence-corrected chi connectivity index (χ0v) is 15.8. The number of nitrogens with zero attached hydrogens (tertiary/aromatic N) is 3. The van der Waals surface area contributed by atoms with Gasteiger partial charge in [-0.05, 0) is 18.2 Å². The number of carbonyl (C=O) groups excluding carboxylic acids is 1. The number of piperidine rings is 1. The summed E-state index contributed by atoms with van der Waals surface area (Å²) in [5, 5.41) is 0.824. The molecule has 9 heteroatoms. The van der Waals surface area contributed by atoms with E-state index in [-0.39, 0.29) is 31.8 Å². The molecular formula is C18H21F2N3O3S. The van der Waals surface area contributed by atoms with Crippen molar-refractivity contribution in [2.45, 2.75) is 24.9 Å². The molecule has 2 aromatic rings. The number of rotatable bonds is 3. The maximum Gasteiger partial charge on any atom is 0.253 e. The summed E-state index contributed by atoms with van der Waals surface area (Å²) in [6.07, 6.45) is -1.21. The van der Waals surface area contributed by atoms with Gasteiger partial charge in [0, 0.05) is 32.5 Å². The SMILES string of the molecule is COc1ccc2nc(N3CCOC(C(=O)N4CCC(F)(F)CC4)C3)sc2c1. The first-order valence-electron chi connectivity index (χ1n) is 8.93. The summed E-state index contributed by atoms with van der Waals surface area (Å²) < 4.78 is 38.6.